The third kappa shape index (κ3) is 15.5. The molecule has 1 atom stereocenters. The number of nitrogens with two attached hydrogens (primary N) is 2. The highest BCUT2D eigenvalue weighted by atomic mass is 32.1. The van der Waals surface area contributed by atoms with Crippen LogP contribution in [0.3, 0.4) is 0 Å². The van der Waals surface area contributed by atoms with Gasteiger partial charge in [-0.3, -0.25) is 14.5 Å². The third-order valence-electron chi connectivity index (χ3n) is 6.46. The molecule has 1 unspecified atom stereocenters. The van der Waals surface area contributed by atoms with Crippen LogP contribution in [0.4, 0.5) is 0 Å². The minimum Gasteiger partial charge on any atom is -0.464 e. The molecule has 0 amide bonds. The van der Waals surface area contributed by atoms with Crippen molar-refractivity contribution in [3.8, 4) is 0 Å². The smallest absolute Gasteiger partial charge is 0.305 e. The number of esters is 2. The van der Waals surface area contributed by atoms with Crippen LogP contribution in [-0.4, -0.2) is 106 Å². The zero-order valence-electron chi connectivity index (χ0n) is 24.2. The maximum absolute atomic E-state index is 12.1. The Bertz CT molecular complexity index is 650. The predicted octanol–water partition coefficient (Wildman–Crippen LogP) is 2.85. The molecule has 10 heteroatoms. The lowest BCUT2D eigenvalue weighted by Crippen LogP contribution is -2.43. The summed E-state index contributed by atoms with van der Waals surface area (Å²) in [5.74, 6) is 0.489. The average molecular weight is 546 g/mol. The summed E-state index contributed by atoms with van der Waals surface area (Å²) in [6.45, 7) is 8.35. The van der Waals surface area contributed by atoms with Crippen molar-refractivity contribution in [1.29, 1.82) is 0 Å². The Kier molecular flexibility index (Phi) is 21.6. The van der Waals surface area contributed by atoms with E-state index in [1.807, 2.05) is 0 Å². The summed E-state index contributed by atoms with van der Waals surface area (Å²) >= 11 is 4.39. The highest BCUT2D eigenvalue weighted by Crippen LogP contribution is 2.24. The number of hydrogen-bond acceptors (Lipinski definition) is 10. The van der Waals surface area contributed by atoms with Crippen molar-refractivity contribution in [3.63, 3.8) is 0 Å². The van der Waals surface area contributed by atoms with Gasteiger partial charge in [-0.25, -0.2) is 0 Å². The van der Waals surface area contributed by atoms with E-state index in [2.05, 4.69) is 62.3 Å². The van der Waals surface area contributed by atoms with Crippen LogP contribution in [0.1, 0.15) is 71.6 Å². The summed E-state index contributed by atoms with van der Waals surface area (Å²) in [6.07, 6.45) is 6.75. The Morgan fingerprint density at radius 3 is 1.78 bits per heavy atom. The van der Waals surface area contributed by atoms with Crippen LogP contribution >= 0.6 is 12.6 Å². The number of ether oxygens (including phenoxy) is 2. The molecule has 9 nitrogen and oxygen atoms in total. The first kappa shape index (κ1) is 35.5. The quantitative estimate of drug-likeness (QED) is 0.101. The van der Waals surface area contributed by atoms with Gasteiger partial charge in [0, 0.05) is 45.7 Å². The molecule has 0 aliphatic rings. The van der Waals surface area contributed by atoms with Gasteiger partial charge in [0.15, 0.2) is 0 Å². The lowest BCUT2D eigenvalue weighted by molar-refractivity contribution is -0.145. The Labute approximate surface area is 231 Å². The summed E-state index contributed by atoms with van der Waals surface area (Å²) in [6, 6.07) is 0.120. The van der Waals surface area contributed by atoms with Gasteiger partial charge < -0.3 is 30.7 Å². The standard InChI is InChI=1S/C27H55N5O4S/c1-6-23(30(3)17-12-22-37)27(32(5)19-21-36-26(34)14-9-11-16-29)24(7-2)31(4)18-20-35-25(33)13-8-10-15-28/h24,37H,6-22,28-29H2,1-5H3/b27-23-. The molecule has 37 heavy (non-hydrogen) atoms. The second kappa shape index (κ2) is 22.5. The van der Waals surface area contributed by atoms with Crippen LogP contribution in [0.15, 0.2) is 11.4 Å². The lowest BCUT2D eigenvalue weighted by Gasteiger charge is -2.38. The van der Waals surface area contributed by atoms with Gasteiger partial charge in [-0.15, -0.1) is 0 Å². The number of likely N-dealkylation sites (N-methyl/N-ethyl adjacent to an activating group) is 2. The van der Waals surface area contributed by atoms with Crippen LogP contribution in [0.2, 0.25) is 0 Å². The van der Waals surface area contributed by atoms with Crippen LogP contribution in [0.5, 0.6) is 0 Å². The highest BCUT2D eigenvalue weighted by molar-refractivity contribution is 7.80. The number of hydrogen-bond donors (Lipinski definition) is 3. The number of carbonyl (C=O) groups is 2. The van der Waals surface area contributed by atoms with E-state index in [9.17, 15) is 9.59 Å². The maximum Gasteiger partial charge on any atom is 0.305 e. The van der Waals surface area contributed by atoms with Crippen molar-refractivity contribution in [2.75, 3.05) is 72.8 Å². The average Bonchev–Trinajstić information content (AvgIpc) is 2.87. The first-order valence-corrected chi connectivity index (χ1v) is 14.6. The first-order valence-electron chi connectivity index (χ1n) is 13.9. The summed E-state index contributed by atoms with van der Waals surface area (Å²) in [5.41, 5.74) is 13.5. The second-order valence-electron chi connectivity index (χ2n) is 9.44. The molecule has 0 fully saturated rings. The minimum absolute atomic E-state index is 0.120. The van der Waals surface area contributed by atoms with Gasteiger partial charge in [-0.1, -0.05) is 13.8 Å². The first-order chi connectivity index (χ1) is 17.8. The number of allylic oxidation sites excluding steroid dienone is 1. The van der Waals surface area contributed by atoms with Crippen molar-refractivity contribution in [2.45, 2.75) is 77.7 Å². The fraction of sp³-hybridized carbons (Fsp3) is 0.852. The van der Waals surface area contributed by atoms with Crippen LogP contribution in [0.25, 0.3) is 0 Å². The second-order valence-corrected chi connectivity index (χ2v) is 9.89. The molecule has 0 aliphatic carbocycles. The van der Waals surface area contributed by atoms with E-state index in [0.717, 1.165) is 57.2 Å². The van der Waals surface area contributed by atoms with Crippen molar-refractivity contribution in [1.82, 2.24) is 14.7 Å². The molecule has 0 heterocycles. The Balaban J connectivity index is 5.46. The number of unbranched alkanes of at least 4 members (excludes halogenated alkanes) is 2. The van der Waals surface area contributed by atoms with Gasteiger partial charge in [0.25, 0.3) is 0 Å². The van der Waals surface area contributed by atoms with Crippen LogP contribution in [0, 0.1) is 0 Å². The zero-order valence-corrected chi connectivity index (χ0v) is 25.1. The summed E-state index contributed by atoms with van der Waals surface area (Å²) < 4.78 is 11.0. The molecule has 0 rings (SSSR count). The van der Waals surface area contributed by atoms with Gasteiger partial charge in [-0.05, 0) is 70.8 Å². The number of nitrogens with zero attached hydrogens (tertiary/aromatic N) is 3. The van der Waals surface area contributed by atoms with Crippen LogP contribution in [-0.2, 0) is 19.1 Å². The minimum atomic E-state index is -0.175. The van der Waals surface area contributed by atoms with Gasteiger partial charge >= 0.3 is 11.9 Å². The van der Waals surface area contributed by atoms with Gasteiger partial charge in [-0.2, -0.15) is 12.6 Å². The van der Waals surface area contributed by atoms with Crippen molar-refractivity contribution in [2.24, 2.45) is 11.5 Å². The Hall–Kier alpha value is -1.49. The summed E-state index contributed by atoms with van der Waals surface area (Å²) in [5, 5.41) is 0. The number of carbonyl (C=O) groups excluding carboxylic acids is 2. The molecule has 0 aromatic rings. The molecule has 0 aromatic carbocycles. The molecule has 0 aromatic heterocycles. The lowest BCUT2D eigenvalue weighted by atomic mass is 10.0. The molecule has 0 aliphatic heterocycles. The van der Waals surface area contributed by atoms with E-state index < -0.39 is 0 Å². The molecular weight excluding hydrogens is 490 g/mol. The number of rotatable bonds is 23. The Morgan fingerprint density at radius 2 is 1.32 bits per heavy atom. The molecule has 0 saturated carbocycles. The normalized spacial score (nSPS) is 12.8. The molecular formula is C27H55N5O4S. The van der Waals surface area contributed by atoms with Gasteiger partial charge in [0.05, 0.1) is 18.3 Å². The van der Waals surface area contributed by atoms with E-state index in [-0.39, 0.29) is 18.0 Å². The number of thiol groups is 1. The summed E-state index contributed by atoms with van der Waals surface area (Å²) in [4.78, 5) is 30.9. The SMILES string of the molecule is CC/C(=C(\C(CC)N(C)CCOC(=O)CCCCN)N(C)CCOC(=O)CCCCN)N(C)CCCS. The van der Waals surface area contributed by atoms with E-state index in [0.29, 0.717) is 52.2 Å². The predicted molar refractivity (Wildman–Crippen MR) is 155 cm³/mol. The van der Waals surface area contributed by atoms with E-state index >= 15 is 0 Å². The van der Waals surface area contributed by atoms with E-state index in [4.69, 9.17) is 20.9 Å². The van der Waals surface area contributed by atoms with Gasteiger partial charge in [0.2, 0.25) is 0 Å². The maximum atomic E-state index is 12.1. The van der Waals surface area contributed by atoms with Crippen molar-refractivity contribution in [3.05, 3.63) is 11.4 Å². The summed E-state index contributed by atoms with van der Waals surface area (Å²) in [7, 11) is 6.26. The molecule has 0 spiro atoms. The van der Waals surface area contributed by atoms with E-state index in [1.54, 1.807) is 0 Å². The Morgan fingerprint density at radius 1 is 0.784 bits per heavy atom. The topological polar surface area (TPSA) is 114 Å². The molecule has 0 radical (unpaired) electrons. The monoisotopic (exact) mass is 545 g/mol. The zero-order chi connectivity index (χ0) is 28.1. The van der Waals surface area contributed by atoms with E-state index in [1.165, 1.54) is 11.4 Å². The largest absolute Gasteiger partial charge is 0.464 e. The van der Waals surface area contributed by atoms with Crippen molar-refractivity contribution >= 4 is 24.6 Å². The molecule has 0 bridgehead atoms. The van der Waals surface area contributed by atoms with Crippen molar-refractivity contribution < 1.29 is 19.1 Å². The van der Waals surface area contributed by atoms with Gasteiger partial charge in [0.1, 0.15) is 13.2 Å². The highest BCUT2D eigenvalue weighted by Gasteiger charge is 2.26. The third-order valence-corrected chi connectivity index (χ3v) is 6.77. The van der Waals surface area contributed by atoms with Crippen LogP contribution < -0.4 is 11.5 Å². The fourth-order valence-electron chi connectivity index (χ4n) is 4.32. The molecule has 218 valence electrons. The molecule has 0 saturated heterocycles. The molecule has 4 N–H and O–H groups in total. The fourth-order valence-corrected chi connectivity index (χ4v) is 4.46.